The van der Waals surface area contributed by atoms with Crippen LogP contribution in [0.5, 0.6) is 5.88 Å². The van der Waals surface area contributed by atoms with Gasteiger partial charge in [-0.05, 0) is 42.1 Å². The number of nitrogens with zero attached hydrogens (tertiary/aromatic N) is 8. The highest BCUT2D eigenvalue weighted by molar-refractivity contribution is 5.73. The van der Waals surface area contributed by atoms with Gasteiger partial charge >= 0.3 is 0 Å². The fourth-order valence-corrected chi connectivity index (χ4v) is 2.17. The average Bonchev–Trinajstić information content (AvgIpc) is 3.41. The van der Waals surface area contributed by atoms with E-state index in [4.69, 9.17) is 30.4 Å². The Morgan fingerprint density at radius 1 is 1.06 bits per heavy atom. The van der Waals surface area contributed by atoms with E-state index in [9.17, 15) is 9.18 Å². The number of hydrogen-bond donors (Lipinski definition) is 1. The molecule has 1 aliphatic rings. The van der Waals surface area contributed by atoms with Gasteiger partial charge in [-0.2, -0.15) is 4.39 Å². The third-order valence-electron chi connectivity index (χ3n) is 3.73. The fourth-order valence-electron chi connectivity index (χ4n) is 2.17. The van der Waals surface area contributed by atoms with Crippen LogP contribution in [0.3, 0.4) is 0 Å². The standard InChI is InChI=1S/C9H10N4O2.C8H8FNO2.C3H7N3O.2CH4/c10-13-12-4-1-5-15-9-3-2-8(7-14)6-11-9;9-7-2-1-6(5-10-7)8-11-3-4-12-8;4-6-5-2-1-3-7;;/h2-3,6-7H,1,4-5H2;1-2,5,8H,3-4H2;7H,1-3H2;2*1H4. The topological polar surface area (TPSA) is 188 Å². The van der Waals surface area contributed by atoms with E-state index in [1.165, 1.54) is 18.5 Å². The smallest absolute Gasteiger partial charge is 0.213 e. The Labute approximate surface area is 209 Å². The van der Waals surface area contributed by atoms with Crippen LogP contribution in [-0.4, -0.2) is 60.9 Å². The van der Waals surface area contributed by atoms with Crippen molar-refractivity contribution >= 4 is 6.29 Å². The number of hydrogen-bond acceptors (Lipinski definition) is 9. The van der Waals surface area contributed by atoms with Crippen LogP contribution in [0.2, 0.25) is 0 Å². The summed E-state index contributed by atoms with van der Waals surface area (Å²) >= 11 is 0. The molecule has 1 fully saturated rings. The number of aromatic nitrogens is 2. The lowest BCUT2D eigenvalue weighted by molar-refractivity contribution is -0.0444. The van der Waals surface area contributed by atoms with Gasteiger partial charge in [-0.1, -0.05) is 25.1 Å². The summed E-state index contributed by atoms with van der Waals surface area (Å²) < 4.78 is 28.0. The first-order valence-electron chi connectivity index (χ1n) is 10.2. The van der Waals surface area contributed by atoms with Crippen molar-refractivity contribution in [2.45, 2.75) is 34.0 Å². The summed E-state index contributed by atoms with van der Waals surface area (Å²) in [5.74, 6) is -0.0294. The van der Waals surface area contributed by atoms with E-state index >= 15 is 0 Å². The van der Waals surface area contributed by atoms with Crippen LogP contribution in [0.15, 0.2) is 46.9 Å². The van der Waals surface area contributed by atoms with Crippen LogP contribution in [0.25, 0.3) is 20.9 Å². The molecule has 0 unspecified atom stereocenters. The Morgan fingerprint density at radius 3 is 2.22 bits per heavy atom. The zero-order valence-electron chi connectivity index (χ0n) is 18.3. The first-order valence-corrected chi connectivity index (χ1v) is 10.2. The number of pyridine rings is 2. The zero-order valence-corrected chi connectivity index (χ0v) is 18.3. The molecule has 3 rings (SSSR count). The zero-order chi connectivity index (χ0) is 24.9. The molecule has 2 aromatic heterocycles. The van der Waals surface area contributed by atoms with Gasteiger partial charge in [0.05, 0.1) is 19.8 Å². The predicted octanol–water partition coefficient (Wildman–Crippen LogP) is 5.19. The van der Waals surface area contributed by atoms with Gasteiger partial charge < -0.3 is 19.3 Å². The maximum absolute atomic E-state index is 12.4. The van der Waals surface area contributed by atoms with Crippen molar-refractivity contribution in [2.75, 3.05) is 39.5 Å². The van der Waals surface area contributed by atoms with Gasteiger partial charge in [0.25, 0.3) is 0 Å². The molecule has 1 aliphatic heterocycles. The Bertz CT molecular complexity index is 915. The maximum atomic E-state index is 12.4. The maximum Gasteiger partial charge on any atom is 0.213 e. The van der Waals surface area contributed by atoms with Crippen molar-refractivity contribution in [1.29, 1.82) is 0 Å². The number of rotatable bonds is 10. The lowest BCUT2D eigenvalue weighted by Crippen LogP contribution is -2.00. The molecular weight excluding hydrogens is 475 g/mol. The van der Waals surface area contributed by atoms with Crippen molar-refractivity contribution in [2.24, 2.45) is 10.2 Å². The van der Waals surface area contributed by atoms with Crippen molar-refractivity contribution in [1.82, 2.24) is 9.97 Å². The van der Waals surface area contributed by atoms with E-state index < -0.39 is 5.95 Å². The van der Waals surface area contributed by atoms with Gasteiger partial charge in [0.2, 0.25) is 11.8 Å². The second-order valence-electron chi connectivity index (χ2n) is 6.22. The lowest BCUT2D eigenvalue weighted by atomic mass is 10.3. The van der Waals surface area contributed by atoms with E-state index in [1.54, 1.807) is 18.2 Å². The molecule has 1 saturated heterocycles. The van der Waals surface area contributed by atoms with E-state index in [0.717, 1.165) is 11.8 Å². The summed E-state index contributed by atoms with van der Waals surface area (Å²) in [5.41, 5.74) is 17.0. The monoisotopic (exact) mass is 508 g/mol. The second kappa shape index (κ2) is 23.0. The van der Waals surface area contributed by atoms with Gasteiger partial charge in [-0.15, -0.1) is 0 Å². The Hall–Kier alpha value is -3.80. The molecule has 0 bridgehead atoms. The van der Waals surface area contributed by atoms with Gasteiger partial charge in [0.1, 0.15) is 0 Å². The molecule has 198 valence electrons. The van der Waals surface area contributed by atoms with Crippen LogP contribution >= 0.6 is 0 Å². The third kappa shape index (κ3) is 15.9. The summed E-state index contributed by atoms with van der Waals surface area (Å²) in [6.07, 6.45) is 4.42. The molecule has 0 aliphatic carbocycles. The summed E-state index contributed by atoms with van der Waals surface area (Å²) in [5, 5.41) is 14.7. The first-order chi connectivity index (χ1) is 16.6. The minimum absolute atomic E-state index is 0. The van der Waals surface area contributed by atoms with Crippen molar-refractivity contribution in [3.63, 3.8) is 0 Å². The molecule has 1 N–H and O–H groups in total. The van der Waals surface area contributed by atoms with Gasteiger partial charge in [-0.25, -0.2) is 9.97 Å². The van der Waals surface area contributed by atoms with E-state index in [-0.39, 0.29) is 27.8 Å². The van der Waals surface area contributed by atoms with Crippen LogP contribution in [0.4, 0.5) is 4.39 Å². The second-order valence-corrected chi connectivity index (χ2v) is 6.22. The molecular formula is C22H33FN8O5. The largest absolute Gasteiger partial charge is 0.478 e. The van der Waals surface area contributed by atoms with Crippen LogP contribution in [0.1, 0.15) is 49.9 Å². The summed E-state index contributed by atoms with van der Waals surface area (Å²) in [4.78, 5) is 22.8. The van der Waals surface area contributed by atoms with Crippen LogP contribution in [0, 0.1) is 5.95 Å². The average molecular weight is 509 g/mol. The van der Waals surface area contributed by atoms with Gasteiger partial charge in [0.15, 0.2) is 12.6 Å². The number of carbonyl (C=O) groups is 1. The summed E-state index contributed by atoms with van der Waals surface area (Å²) in [7, 11) is 0. The molecule has 36 heavy (non-hydrogen) atoms. The van der Waals surface area contributed by atoms with Crippen molar-refractivity contribution in [3.8, 4) is 5.88 Å². The molecule has 3 heterocycles. The minimum Gasteiger partial charge on any atom is -0.478 e. The van der Waals surface area contributed by atoms with Crippen LogP contribution in [-0.2, 0) is 9.47 Å². The number of aliphatic hydroxyl groups is 1. The Kier molecular flexibility index (Phi) is 21.9. The van der Waals surface area contributed by atoms with E-state index in [1.807, 2.05) is 0 Å². The molecule has 0 amide bonds. The molecule has 0 radical (unpaired) electrons. The van der Waals surface area contributed by atoms with Crippen LogP contribution < -0.4 is 4.74 Å². The van der Waals surface area contributed by atoms with E-state index in [0.29, 0.717) is 57.2 Å². The summed E-state index contributed by atoms with van der Waals surface area (Å²) in [6.45, 7) is 2.51. The molecule has 14 heteroatoms. The molecule has 0 spiro atoms. The Morgan fingerprint density at radius 2 is 1.72 bits per heavy atom. The number of azide groups is 2. The highest BCUT2D eigenvalue weighted by Crippen LogP contribution is 2.21. The molecule has 0 saturated carbocycles. The Balaban J connectivity index is 0. The third-order valence-corrected chi connectivity index (χ3v) is 3.73. The van der Waals surface area contributed by atoms with Crippen molar-refractivity contribution < 1.29 is 28.5 Å². The summed E-state index contributed by atoms with van der Waals surface area (Å²) in [6, 6.07) is 6.15. The molecule has 13 nitrogen and oxygen atoms in total. The molecule has 2 aromatic rings. The number of aldehydes is 1. The predicted molar refractivity (Wildman–Crippen MR) is 132 cm³/mol. The normalized spacial score (nSPS) is 11.4. The highest BCUT2D eigenvalue weighted by Gasteiger charge is 2.18. The minimum atomic E-state index is -0.489. The highest BCUT2D eigenvalue weighted by atomic mass is 19.1. The van der Waals surface area contributed by atoms with Gasteiger partial charge in [0, 0.05) is 59.1 Å². The number of aliphatic hydroxyl groups excluding tert-OH is 1. The number of halogens is 1. The molecule has 0 atom stereocenters. The quantitative estimate of drug-likeness (QED) is 0.114. The number of carbonyl (C=O) groups excluding carboxylic acids is 1. The van der Waals surface area contributed by atoms with Gasteiger partial charge in [-0.3, -0.25) is 4.79 Å². The van der Waals surface area contributed by atoms with Crippen molar-refractivity contribution in [3.05, 3.63) is 74.6 Å². The molecule has 0 aromatic carbocycles. The fraction of sp³-hybridized carbons (Fsp3) is 0.500. The lowest BCUT2D eigenvalue weighted by Gasteiger charge is -2.07. The number of ether oxygens (including phenoxy) is 3. The van der Waals surface area contributed by atoms with E-state index in [2.05, 4.69) is 30.0 Å². The SMILES string of the molecule is C.C.Fc1ccc(C2OCCO2)cn1.[N-]=[N+]=NCCCO.[N-]=[N+]=NCCCOc1ccc(C=O)cn1. The first kappa shape index (κ1) is 34.4.